The number of imidazole rings is 1. The zero-order valence-corrected chi connectivity index (χ0v) is 11.2. The monoisotopic (exact) mass is 260 g/mol. The normalized spacial score (nSPS) is 10.5. The van der Waals surface area contributed by atoms with E-state index in [0.717, 1.165) is 22.6 Å². The molecule has 0 amide bonds. The van der Waals surface area contributed by atoms with Crippen LogP contribution in [0.15, 0.2) is 18.5 Å². The average molecular weight is 260 g/mol. The van der Waals surface area contributed by atoms with E-state index in [1.54, 1.807) is 19.3 Å². The summed E-state index contributed by atoms with van der Waals surface area (Å²) in [5.74, 6) is 0. The molecule has 0 atom stereocenters. The highest BCUT2D eigenvalue weighted by Crippen LogP contribution is 2.26. The fourth-order valence-corrected chi connectivity index (χ4v) is 1.97. The predicted molar refractivity (Wildman–Crippen MR) is 73.2 cm³/mol. The van der Waals surface area contributed by atoms with Gasteiger partial charge in [-0.25, -0.2) is 4.98 Å². The Kier molecular flexibility index (Phi) is 3.50. The van der Waals surface area contributed by atoms with Crippen LogP contribution in [-0.4, -0.2) is 14.9 Å². The molecule has 0 aliphatic heterocycles. The molecule has 0 bridgehead atoms. The molecule has 1 heterocycles. The summed E-state index contributed by atoms with van der Waals surface area (Å²) in [5.41, 5.74) is 4.45. The molecule has 6 heteroatoms. The highest BCUT2D eigenvalue weighted by atomic mass is 16.6. The lowest BCUT2D eigenvalue weighted by molar-refractivity contribution is -0.385. The number of nitrogens with one attached hydrogen (secondary N) is 2. The van der Waals surface area contributed by atoms with Gasteiger partial charge in [0.25, 0.3) is 5.69 Å². The van der Waals surface area contributed by atoms with Crippen molar-refractivity contribution in [2.75, 3.05) is 5.32 Å². The van der Waals surface area contributed by atoms with E-state index in [9.17, 15) is 10.1 Å². The van der Waals surface area contributed by atoms with E-state index in [0.29, 0.717) is 12.1 Å². The molecule has 0 aliphatic carbocycles. The van der Waals surface area contributed by atoms with Crippen molar-refractivity contribution >= 4 is 11.4 Å². The predicted octanol–water partition coefficient (Wildman–Crippen LogP) is 2.86. The van der Waals surface area contributed by atoms with E-state index in [2.05, 4.69) is 15.3 Å². The van der Waals surface area contributed by atoms with Gasteiger partial charge < -0.3 is 10.3 Å². The van der Waals surface area contributed by atoms with Crippen molar-refractivity contribution in [3.8, 4) is 0 Å². The molecule has 2 N–H and O–H groups in total. The number of hydrogen-bond acceptors (Lipinski definition) is 4. The Morgan fingerprint density at radius 3 is 2.63 bits per heavy atom. The molecular formula is C13H16N4O2. The quantitative estimate of drug-likeness (QED) is 0.654. The van der Waals surface area contributed by atoms with Crippen molar-refractivity contribution in [3.05, 3.63) is 51.1 Å². The first-order chi connectivity index (χ1) is 8.99. The third kappa shape index (κ3) is 2.73. The van der Waals surface area contributed by atoms with Gasteiger partial charge in [0.05, 0.1) is 23.5 Å². The molecule has 2 aromatic rings. The first-order valence-corrected chi connectivity index (χ1v) is 5.97. The van der Waals surface area contributed by atoms with E-state index in [1.165, 1.54) is 0 Å². The summed E-state index contributed by atoms with van der Waals surface area (Å²) < 4.78 is 0. The number of anilines is 1. The maximum Gasteiger partial charge on any atom is 0.274 e. The largest absolute Gasteiger partial charge is 0.379 e. The molecule has 0 saturated carbocycles. The second-order valence-corrected chi connectivity index (χ2v) is 4.54. The zero-order valence-electron chi connectivity index (χ0n) is 11.2. The maximum absolute atomic E-state index is 10.9. The summed E-state index contributed by atoms with van der Waals surface area (Å²) in [7, 11) is 0. The summed E-state index contributed by atoms with van der Waals surface area (Å²) in [6.45, 7) is 6.15. The van der Waals surface area contributed by atoms with Crippen LogP contribution in [0, 0.1) is 30.9 Å². The lowest BCUT2D eigenvalue weighted by Gasteiger charge is -2.10. The SMILES string of the molecule is Cc1cc(C)c([N+](=O)[O-])cc1NCc1nc[nH]c1C. The second-order valence-electron chi connectivity index (χ2n) is 4.54. The van der Waals surface area contributed by atoms with Gasteiger partial charge in [0, 0.05) is 23.0 Å². The van der Waals surface area contributed by atoms with E-state index < -0.39 is 0 Å². The standard InChI is InChI=1S/C13H16N4O2/c1-8-4-9(2)13(17(18)19)5-11(8)14-6-12-10(3)15-7-16-12/h4-5,7,14H,6H2,1-3H3,(H,15,16). The van der Waals surface area contributed by atoms with Crippen molar-refractivity contribution < 1.29 is 4.92 Å². The number of nitrogens with zero attached hydrogens (tertiary/aromatic N) is 2. The van der Waals surface area contributed by atoms with Crippen molar-refractivity contribution in [2.45, 2.75) is 27.3 Å². The van der Waals surface area contributed by atoms with Crippen LogP contribution in [0.3, 0.4) is 0 Å². The van der Waals surface area contributed by atoms with Gasteiger partial charge in [0.1, 0.15) is 0 Å². The number of H-pyrrole nitrogens is 1. The van der Waals surface area contributed by atoms with E-state index >= 15 is 0 Å². The Labute approximate surface area is 111 Å². The molecular weight excluding hydrogens is 244 g/mol. The van der Waals surface area contributed by atoms with Crippen LogP contribution in [-0.2, 0) is 6.54 Å². The Bertz CT molecular complexity index is 619. The maximum atomic E-state index is 10.9. The van der Waals surface area contributed by atoms with Gasteiger partial charge in [-0.15, -0.1) is 0 Å². The fraction of sp³-hybridized carbons (Fsp3) is 0.308. The fourth-order valence-electron chi connectivity index (χ4n) is 1.97. The van der Waals surface area contributed by atoms with Crippen LogP contribution in [0.5, 0.6) is 0 Å². The number of nitro benzene ring substituents is 1. The van der Waals surface area contributed by atoms with Crippen LogP contribution < -0.4 is 5.32 Å². The Morgan fingerprint density at radius 1 is 1.32 bits per heavy atom. The minimum absolute atomic E-state index is 0.131. The molecule has 0 fully saturated rings. The molecule has 0 aliphatic rings. The minimum atomic E-state index is -0.361. The van der Waals surface area contributed by atoms with Gasteiger partial charge >= 0.3 is 0 Å². The number of nitro groups is 1. The summed E-state index contributed by atoms with van der Waals surface area (Å²) in [6.07, 6.45) is 1.64. The number of aromatic nitrogens is 2. The van der Waals surface area contributed by atoms with Gasteiger partial charge in [0.2, 0.25) is 0 Å². The lowest BCUT2D eigenvalue weighted by Crippen LogP contribution is -2.04. The van der Waals surface area contributed by atoms with E-state index in [4.69, 9.17) is 0 Å². The molecule has 1 aromatic heterocycles. The van der Waals surface area contributed by atoms with Crippen LogP contribution in [0.4, 0.5) is 11.4 Å². The molecule has 19 heavy (non-hydrogen) atoms. The van der Waals surface area contributed by atoms with Crippen molar-refractivity contribution in [3.63, 3.8) is 0 Å². The topological polar surface area (TPSA) is 83.8 Å². The number of hydrogen-bond donors (Lipinski definition) is 2. The van der Waals surface area contributed by atoms with Crippen LogP contribution in [0.2, 0.25) is 0 Å². The highest BCUT2D eigenvalue weighted by molar-refractivity contribution is 5.60. The lowest BCUT2D eigenvalue weighted by atomic mass is 10.1. The third-order valence-electron chi connectivity index (χ3n) is 3.12. The molecule has 0 saturated heterocycles. The van der Waals surface area contributed by atoms with Crippen LogP contribution in [0.1, 0.15) is 22.5 Å². The molecule has 2 rings (SSSR count). The Hall–Kier alpha value is -2.37. The summed E-state index contributed by atoms with van der Waals surface area (Å²) in [4.78, 5) is 17.8. The molecule has 1 aromatic carbocycles. The first-order valence-electron chi connectivity index (χ1n) is 5.97. The Morgan fingerprint density at radius 2 is 2.05 bits per heavy atom. The highest BCUT2D eigenvalue weighted by Gasteiger charge is 2.13. The van der Waals surface area contributed by atoms with Crippen molar-refractivity contribution in [1.29, 1.82) is 0 Å². The molecule has 100 valence electrons. The first kappa shape index (κ1) is 13.1. The van der Waals surface area contributed by atoms with Gasteiger partial charge in [0.15, 0.2) is 0 Å². The zero-order chi connectivity index (χ0) is 14.0. The number of aryl methyl sites for hydroxylation is 3. The summed E-state index contributed by atoms with van der Waals surface area (Å²) in [6, 6.07) is 3.39. The number of rotatable bonds is 4. The number of benzene rings is 1. The summed E-state index contributed by atoms with van der Waals surface area (Å²) >= 11 is 0. The van der Waals surface area contributed by atoms with Crippen LogP contribution >= 0.6 is 0 Å². The molecule has 0 spiro atoms. The van der Waals surface area contributed by atoms with Gasteiger partial charge in [-0.2, -0.15) is 0 Å². The van der Waals surface area contributed by atoms with E-state index in [1.807, 2.05) is 19.9 Å². The van der Waals surface area contributed by atoms with E-state index in [-0.39, 0.29) is 10.6 Å². The average Bonchev–Trinajstić information content (AvgIpc) is 2.73. The summed E-state index contributed by atoms with van der Waals surface area (Å²) in [5, 5.41) is 14.1. The smallest absolute Gasteiger partial charge is 0.274 e. The minimum Gasteiger partial charge on any atom is -0.379 e. The number of aromatic amines is 1. The van der Waals surface area contributed by atoms with Gasteiger partial charge in [-0.3, -0.25) is 10.1 Å². The second kappa shape index (κ2) is 5.09. The Balaban J connectivity index is 2.23. The van der Waals surface area contributed by atoms with Gasteiger partial charge in [-0.05, 0) is 32.4 Å². The molecule has 0 unspecified atom stereocenters. The molecule has 0 radical (unpaired) electrons. The third-order valence-corrected chi connectivity index (χ3v) is 3.12. The molecule has 6 nitrogen and oxygen atoms in total. The van der Waals surface area contributed by atoms with Crippen molar-refractivity contribution in [2.24, 2.45) is 0 Å². The van der Waals surface area contributed by atoms with Gasteiger partial charge in [-0.1, -0.05) is 0 Å². The van der Waals surface area contributed by atoms with Crippen LogP contribution in [0.25, 0.3) is 0 Å². The van der Waals surface area contributed by atoms with Crippen molar-refractivity contribution in [1.82, 2.24) is 9.97 Å².